The van der Waals surface area contributed by atoms with Gasteiger partial charge >= 0.3 is 0 Å². The summed E-state index contributed by atoms with van der Waals surface area (Å²) in [5.74, 6) is 0.395. The molecule has 1 aliphatic rings. The summed E-state index contributed by atoms with van der Waals surface area (Å²) < 4.78 is 7.08. The molecule has 8 heteroatoms. The molecule has 0 saturated carbocycles. The van der Waals surface area contributed by atoms with Crippen LogP contribution in [0.15, 0.2) is 16.8 Å². The second-order valence-electron chi connectivity index (χ2n) is 6.69. The van der Waals surface area contributed by atoms with E-state index in [9.17, 15) is 9.90 Å². The van der Waals surface area contributed by atoms with E-state index < -0.39 is 0 Å². The standard InChI is InChI=1S/C17H25N5O3/c1-11(15-9-18-21(3)12(15)2)19-17(24)16-8-14(25-20-16)10-22-6-4-13(23)5-7-22/h8-9,11,13,23H,4-7,10H2,1-3H3,(H,19,24). The number of likely N-dealkylation sites (tertiary alicyclic amines) is 1. The Kier molecular flexibility index (Phi) is 5.19. The lowest BCUT2D eigenvalue weighted by Crippen LogP contribution is -2.35. The van der Waals surface area contributed by atoms with Gasteiger partial charge < -0.3 is 14.9 Å². The third-order valence-corrected chi connectivity index (χ3v) is 4.82. The van der Waals surface area contributed by atoms with Gasteiger partial charge in [0.1, 0.15) is 0 Å². The van der Waals surface area contributed by atoms with Gasteiger partial charge in [-0.25, -0.2) is 0 Å². The summed E-state index contributed by atoms with van der Waals surface area (Å²) in [6, 6.07) is 1.52. The van der Waals surface area contributed by atoms with Gasteiger partial charge in [-0.15, -0.1) is 0 Å². The lowest BCUT2D eigenvalue weighted by Gasteiger charge is -2.28. The van der Waals surface area contributed by atoms with Crippen molar-refractivity contribution >= 4 is 5.91 Å². The van der Waals surface area contributed by atoms with Crippen LogP contribution < -0.4 is 5.32 Å². The van der Waals surface area contributed by atoms with Gasteiger partial charge in [0.2, 0.25) is 0 Å². The molecule has 25 heavy (non-hydrogen) atoms. The maximum Gasteiger partial charge on any atom is 0.273 e. The number of carbonyl (C=O) groups excluding carboxylic acids is 1. The van der Waals surface area contributed by atoms with E-state index >= 15 is 0 Å². The highest BCUT2D eigenvalue weighted by molar-refractivity contribution is 5.92. The minimum absolute atomic E-state index is 0.162. The van der Waals surface area contributed by atoms with Crippen LogP contribution in [-0.4, -0.2) is 50.0 Å². The molecule has 2 N–H and O–H groups in total. The Balaban J connectivity index is 1.58. The number of hydrogen-bond acceptors (Lipinski definition) is 6. The van der Waals surface area contributed by atoms with E-state index in [4.69, 9.17) is 4.52 Å². The summed E-state index contributed by atoms with van der Waals surface area (Å²) in [5, 5.41) is 20.6. The molecule has 0 spiro atoms. The lowest BCUT2D eigenvalue weighted by molar-refractivity contribution is 0.0748. The first kappa shape index (κ1) is 17.6. The van der Waals surface area contributed by atoms with Crippen LogP contribution >= 0.6 is 0 Å². The second kappa shape index (κ2) is 7.37. The third kappa shape index (κ3) is 4.08. The minimum atomic E-state index is -0.264. The summed E-state index contributed by atoms with van der Waals surface area (Å²) >= 11 is 0. The van der Waals surface area contributed by atoms with E-state index in [-0.39, 0.29) is 23.7 Å². The highest BCUT2D eigenvalue weighted by Gasteiger charge is 2.21. The average molecular weight is 347 g/mol. The van der Waals surface area contributed by atoms with E-state index in [0.29, 0.717) is 12.3 Å². The van der Waals surface area contributed by atoms with Gasteiger partial charge in [0, 0.05) is 37.5 Å². The van der Waals surface area contributed by atoms with Crippen LogP contribution in [0.4, 0.5) is 0 Å². The number of carbonyl (C=O) groups is 1. The molecular weight excluding hydrogens is 322 g/mol. The van der Waals surface area contributed by atoms with Crippen molar-refractivity contribution in [1.29, 1.82) is 0 Å². The molecule has 136 valence electrons. The zero-order valence-corrected chi connectivity index (χ0v) is 14.9. The van der Waals surface area contributed by atoms with Gasteiger partial charge in [0.15, 0.2) is 11.5 Å². The van der Waals surface area contributed by atoms with E-state index in [1.807, 2.05) is 20.9 Å². The van der Waals surface area contributed by atoms with Crippen LogP contribution in [0, 0.1) is 6.92 Å². The number of amides is 1. The molecule has 0 aliphatic carbocycles. The maximum absolute atomic E-state index is 12.4. The number of piperidine rings is 1. The van der Waals surface area contributed by atoms with Crippen LogP contribution in [0.2, 0.25) is 0 Å². The molecule has 1 atom stereocenters. The number of aromatic nitrogens is 3. The highest BCUT2D eigenvalue weighted by Crippen LogP contribution is 2.18. The summed E-state index contributed by atoms with van der Waals surface area (Å²) in [4.78, 5) is 14.6. The monoisotopic (exact) mass is 347 g/mol. The molecule has 0 radical (unpaired) electrons. The van der Waals surface area contributed by atoms with Gasteiger partial charge in [0.05, 0.1) is 24.9 Å². The van der Waals surface area contributed by atoms with Crippen LogP contribution in [0.5, 0.6) is 0 Å². The summed E-state index contributed by atoms with van der Waals surface area (Å²) in [5.41, 5.74) is 2.27. The third-order valence-electron chi connectivity index (χ3n) is 4.82. The summed E-state index contributed by atoms with van der Waals surface area (Å²) in [6.45, 7) is 6.13. The number of rotatable bonds is 5. The Morgan fingerprint density at radius 3 is 2.84 bits per heavy atom. The number of aryl methyl sites for hydroxylation is 1. The van der Waals surface area contributed by atoms with Crippen molar-refractivity contribution in [3.8, 4) is 0 Å². The molecule has 1 aliphatic heterocycles. The zero-order valence-electron chi connectivity index (χ0n) is 14.9. The number of aliphatic hydroxyl groups excluding tert-OH is 1. The predicted molar refractivity (Wildman–Crippen MR) is 90.8 cm³/mol. The lowest BCUT2D eigenvalue weighted by atomic mass is 10.1. The quantitative estimate of drug-likeness (QED) is 0.843. The number of hydrogen-bond donors (Lipinski definition) is 2. The predicted octanol–water partition coefficient (Wildman–Crippen LogP) is 1.16. The molecule has 3 rings (SSSR count). The van der Waals surface area contributed by atoms with Crippen LogP contribution in [0.3, 0.4) is 0 Å². The van der Waals surface area contributed by atoms with Gasteiger partial charge in [-0.1, -0.05) is 5.16 Å². The van der Waals surface area contributed by atoms with Crippen molar-refractivity contribution in [2.45, 2.75) is 45.4 Å². The van der Waals surface area contributed by atoms with Gasteiger partial charge in [0.25, 0.3) is 5.91 Å². The van der Waals surface area contributed by atoms with Crippen molar-refractivity contribution in [2.75, 3.05) is 13.1 Å². The largest absolute Gasteiger partial charge is 0.393 e. The molecule has 1 unspecified atom stereocenters. The fourth-order valence-electron chi connectivity index (χ4n) is 3.08. The Morgan fingerprint density at radius 2 is 2.20 bits per heavy atom. The van der Waals surface area contributed by atoms with E-state index in [1.54, 1.807) is 16.9 Å². The first-order valence-electron chi connectivity index (χ1n) is 8.59. The molecular formula is C17H25N5O3. The molecule has 3 heterocycles. The number of nitrogens with one attached hydrogen (secondary N) is 1. The molecule has 0 aromatic carbocycles. The zero-order chi connectivity index (χ0) is 18.0. The molecule has 8 nitrogen and oxygen atoms in total. The Hall–Kier alpha value is -2.19. The topological polar surface area (TPSA) is 96.4 Å². The first-order chi connectivity index (χ1) is 11.9. The minimum Gasteiger partial charge on any atom is -0.393 e. The number of nitrogens with zero attached hydrogens (tertiary/aromatic N) is 4. The molecule has 1 fully saturated rings. The van der Waals surface area contributed by atoms with Crippen molar-refractivity contribution in [1.82, 2.24) is 25.2 Å². The van der Waals surface area contributed by atoms with Crippen LogP contribution in [-0.2, 0) is 13.6 Å². The van der Waals surface area contributed by atoms with Crippen molar-refractivity contribution in [2.24, 2.45) is 7.05 Å². The normalized spacial score (nSPS) is 17.6. The smallest absolute Gasteiger partial charge is 0.273 e. The molecule has 2 aromatic heterocycles. The van der Waals surface area contributed by atoms with E-state index in [1.165, 1.54) is 0 Å². The fraction of sp³-hybridized carbons (Fsp3) is 0.588. The molecule has 2 aromatic rings. The SMILES string of the molecule is Cc1c(C(C)NC(=O)c2cc(CN3CCC(O)CC3)on2)cnn1C. The molecule has 1 saturated heterocycles. The van der Waals surface area contributed by atoms with Crippen molar-refractivity contribution < 1.29 is 14.4 Å². The molecule has 0 bridgehead atoms. The first-order valence-corrected chi connectivity index (χ1v) is 8.59. The molecule has 1 amide bonds. The van der Waals surface area contributed by atoms with E-state index in [0.717, 1.165) is 37.2 Å². The van der Waals surface area contributed by atoms with Gasteiger partial charge in [-0.05, 0) is 26.7 Å². The summed E-state index contributed by atoms with van der Waals surface area (Å²) in [6.07, 6.45) is 3.09. The second-order valence-corrected chi connectivity index (χ2v) is 6.69. The van der Waals surface area contributed by atoms with Crippen molar-refractivity contribution in [3.63, 3.8) is 0 Å². The van der Waals surface area contributed by atoms with Gasteiger partial charge in [-0.3, -0.25) is 14.4 Å². The number of aliphatic hydroxyl groups is 1. The Labute approximate surface area is 146 Å². The summed E-state index contributed by atoms with van der Waals surface area (Å²) in [7, 11) is 1.87. The van der Waals surface area contributed by atoms with E-state index in [2.05, 4.69) is 20.5 Å². The Morgan fingerprint density at radius 1 is 1.48 bits per heavy atom. The Bertz CT molecular complexity index is 730. The van der Waals surface area contributed by atoms with Crippen molar-refractivity contribution in [3.05, 3.63) is 35.0 Å². The van der Waals surface area contributed by atoms with Crippen LogP contribution in [0.25, 0.3) is 0 Å². The highest BCUT2D eigenvalue weighted by atomic mass is 16.5. The van der Waals surface area contributed by atoms with Gasteiger partial charge in [-0.2, -0.15) is 5.10 Å². The van der Waals surface area contributed by atoms with Crippen LogP contribution in [0.1, 0.15) is 53.3 Å². The fourth-order valence-corrected chi connectivity index (χ4v) is 3.08. The maximum atomic E-state index is 12.4. The average Bonchev–Trinajstić information content (AvgIpc) is 3.17.